The molecule has 0 radical (unpaired) electrons. The van der Waals surface area contributed by atoms with E-state index in [1.807, 2.05) is 25.7 Å². The Balaban J connectivity index is 0.964. The summed E-state index contributed by atoms with van der Waals surface area (Å²) in [4.78, 5) is 68.9. The van der Waals surface area contributed by atoms with Crippen molar-refractivity contribution in [3.63, 3.8) is 0 Å². The summed E-state index contributed by atoms with van der Waals surface area (Å²) in [5.41, 5.74) is -0.166. The first-order chi connectivity index (χ1) is 29.3. The summed E-state index contributed by atoms with van der Waals surface area (Å²) in [6.45, 7) is 30.6. The van der Waals surface area contributed by atoms with Gasteiger partial charge < -0.3 is 24.8 Å². The highest BCUT2D eigenvalue weighted by Gasteiger charge is 2.72. The molecule has 7 aliphatic carbocycles. The number of aliphatic carboxylic acids is 1. The highest BCUT2D eigenvalue weighted by molar-refractivity contribution is 5.86. The minimum Gasteiger partial charge on any atom is -0.481 e. The van der Waals surface area contributed by atoms with Crippen molar-refractivity contribution in [2.45, 2.75) is 178 Å². The summed E-state index contributed by atoms with van der Waals surface area (Å²) in [5, 5.41) is 13.3. The molecule has 8 rings (SSSR count). The lowest BCUT2D eigenvalue weighted by molar-refractivity contribution is -0.251. The first kappa shape index (κ1) is 46.6. The third-order valence-corrected chi connectivity index (χ3v) is 21.9. The number of esters is 2. The number of fused-ring (bicyclic) bond motifs is 7. The van der Waals surface area contributed by atoms with Gasteiger partial charge in [-0.05, 0) is 160 Å². The Hall–Kier alpha value is -2.91. The minimum atomic E-state index is -0.829. The summed E-state index contributed by atoms with van der Waals surface area (Å²) in [5.74, 6) is -0.150. The Bertz CT molecular complexity index is 1900. The maximum atomic E-state index is 15.2. The van der Waals surface area contributed by atoms with Gasteiger partial charge in [0, 0.05) is 30.5 Å². The summed E-state index contributed by atoms with van der Waals surface area (Å²) in [6, 6.07) is -0.0636. The fourth-order valence-corrected chi connectivity index (χ4v) is 17.4. The van der Waals surface area contributed by atoms with E-state index in [2.05, 4.69) is 67.3 Å². The van der Waals surface area contributed by atoms with Crippen LogP contribution < -0.4 is 5.32 Å². The van der Waals surface area contributed by atoms with E-state index in [1.165, 1.54) is 5.57 Å². The summed E-state index contributed by atoms with van der Waals surface area (Å²) in [7, 11) is 0. The van der Waals surface area contributed by atoms with E-state index < -0.39 is 22.7 Å². The van der Waals surface area contributed by atoms with Crippen molar-refractivity contribution >= 4 is 29.7 Å². The highest BCUT2D eigenvalue weighted by atomic mass is 16.5. The fraction of sp³-hybridized carbons (Fsp3) is 0.868. The molecular formula is C53H82N2O8. The van der Waals surface area contributed by atoms with Crippen molar-refractivity contribution in [1.29, 1.82) is 0 Å². The third kappa shape index (κ3) is 6.74. The van der Waals surface area contributed by atoms with Crippen LogP contribution in [0.2, 0.25) is 0 Å². The first-order valence-electron chi connectivity index (χ1n) is 25.2. The summed E-state index contributed by atoms with van der Waals surface area (Å²) in [6.07, 6.45) is 12.2. The largest absolute Gasteiger partial charge is 0.481 e. The highest BCUT2D eigenvalue weighted by Crippen LogP contribution is 2.78. The van der Waals surface area contributed by atoms with Crippen molar-refractivity contribution in [2.24, 2.45) is 91.2 Å². The van der Waals surface area contributed by atoms with E-state index in [9.17, 15) is 24.3 Å². The number of hydrogen-bond acceptors (Lipinski definition) is 7. The number of ether oxygens (including phenoxy) is 2. The third-order valence-electron chi connectivity index (χ3n) is 21.9. The lowest BCUT2D eigenvalue weighted by Crippen LogP contribution is -2.68. The van der Waals surface area contributed by atoms with E-state index in [0.29, 0.717) is 69.1 Å². The number of carboxylic acids is 1. The molecule has 1 heterocycles. The molecule has 8 fully saturated rings. The number of likely N-dealkylation sites (tertiary alicyclic amines) is 1. The number of carboxylic acid groups (broad SMARTS) is 1. The fourth-order valence-electron chi connectivity index (χ4n) is 17.4. The maximum Gasteiger partial charge on any atom is 0.309 e. The van der Waals surface area contributed by atoms with E-state index in [-0.39, 0.29) is 86.6 Å². The number of nitrogens with zero attached hydrogens (tertiary/aromatic N) is 1. The van der Waals surface area contributed by atoms with Crippen molar-refractivity contribution in [1.82, 2.24) is 10.2 Å². The Morgan fingerprint density at radius 2 is 1.38 bits per heavy atom. The van der Waals surface area contributed by atoms with Gasteiger partial charge in [-0.25, -0.2) is 0 Å². The van der Waals surface area contributed by atoms with Crippen LogP contribution in [0.5, 0.6) is 0 Å². The average Bonchev–Trinajstić information content (AvgIpc) is 3.61. The monoisotopic (exact) mass is 875 g/mol. The Morgan fingerprint density at radius 1 is 0.698 bits per heavy atom. The van der Waals surface area contributed by atoms with Gasteiger partial charge in [-0.1, -0.05) is 74.5 Å². The number of hydrogen-bond donors (Lipinski definition) is 2. The van der Waals surface area contributed by atoms with E-state index in [0.717, 1.165) is 64.2 Å². The van der Waals surface area contributed by atoms with E-state index in [1.54, 1.807) is 0 Å². The molecular weight excluding hydrogens is 793 g/mol. The topological polar surface area (TPSA) is 139 Å². The standard InChI is InChI=1S/C53H82N2O8/c1-13-62-44(59)31-19-26-55(27-20-31)42(56)34-29-39(48(34,6)7)54-46(61)53-23-16-32(30(2)3)41(53)33-14-15-38-50(10)21-18-40(63-45(60)36-28-35(43(57)58)47(36,4)5)49(8,9)37(50)17-22-52(38,12)51(33,11)24-25-53/h31-41H,2,13-29H2,1,3-12H3,(H,54,61)(H,57,58)/t32-,33+,34?,35-,36+,37-,38+,39?,40-,41+,50-,51+,52+,53?/m0/s1. The number of amides is 2. The molecule has 0 aromatic rings. The Morgan fingerprint density at radius 3 is 1.98 bits per heavy atom. The van der Waals surface area contributed by atoms with E-state index in [4.69, 9.17) is 9.47 Å². The van der Waals surface area contributed by atoms with Crippen LogP contribution in [0.3, 0.4) is 0 Å². The molecule has 10 nitrogen and oxygen atoms in total. The molecule has 10 heteroatoms. The molecule has 0 aromatic heterocycles. The number of carbonyl (C=O) groups excluding carboxylic acids is 4. The average molecular weight is 875 g/mol. The molecule has 0 aromatic carbocycles. The maximum absolute atomic E-state index is 15.2. The van der Waals surface area contributed by atoms with Crippen LogP contribution in [0.15, 0.2) is 12.2 Å². The second-order valence-electron chi connectivity index (χ2n) is 25.1. The molecule has 8 aliphatic rings. The number of carbonyl (C=O) groups is 5. The van der Waals surface area contributed by atoms with Gasteiger partial charge in [0.25, 0.3) is 0 Å². The predicted molar refractivity (Wildman–Crippen MR) is 242 cm³/mol. The SMILES string of the molecule is C=C(C)[C@@H]1CCC2(C(=O)NC3CC(C(=O)N4CCC(C(=O)OCC)CC4)C3(C)C)CC[C@]3(C)[C@H](CC[C@@H]4[C@@]5(C)CC[C@H](OC(=O)[C@H]6C[C@@H](C(=O)O)C6(C)C)C(C)(C)[C@@H]5CC[C@]43C)[C@@H]12. The first-order valence-corrected chi connectivity index (χ1v) is 25.2. The second kappa shape index (κ2) is 15.6. The number of piperidine rings is 1. The quantitative estimate of drug-likeness (QED) is 0.173. The van der Waals surface area contributed by atoms with Gasteiger partial charge in [-0.15, -0.1) is 0 Å². The molecule has 352 valence electrons. The lowest BCUT2D eigenvalue weighted by Gasteiger charge is -2.73. The Kier molecular flexibility index (Phi) is 11.5. The van der Waals surface area contributed by atoms with Gasteiger partial charge in [0.2, 0.25) is 11.8 Å². The van der Waals surface area contributed by atoms with Crippen LogP contribution in [0, 0.1) is 91.2 Å². The van der Waals surface area contributed by atoms with Crippen molar-refractivity contribution in [3.8, 4) is 0 Å². The molecule has 7 saturated carbocycles. The predicted octanol–water partition coefficient (Wildman–Crippen LogP) is 9.64. The van der Waals surface area contributed by atoms with Crippen LogP contribution in [0.1, 0.15) is 166 Å². The second-order valence-corrected chi connectivity index (χ2v) is 25.1. The van der Waals surface area contributed by atoms with Gasteiger partial charge in [-0.3, -0.25) is 24.0 Å². The van der Waals surface area contributed by atoms with Crippen molar-refractivity contribution in [3.05, 3.63) is 12.2 Å². The van der Waals surface area contributed by atoms with Crippen molar-refractivity contribution < 1.29 is 38.6 Å². The van der Waals surface area contributed by atoms with Crippen LogP contribution in [-0.4, -0.2) is 71.6 Å². The molecule has 63 heavy (non-hydrogen) atoms. The molecule has 2 amide bonds. The smallest absolute Gasteiger partial charge is 0.309 e. The summed E-state index contributed by atoms with van der Waals surface area (Å²) < 4.78 is 11.7. The van der Waals surface area contributed by atoms with Gasteiger partial charge in [-0.2, -0.15) is 0 Å². The van der Waals surface area contributed by atoms with Gasteiger partial charge in [0.1, 0.15) is 6.10 Å². The number of allylic oxidation sites excluding steroid dienone is 1. The van der Waals surface area contributed by atoms with Crippen LogP contribution in [0.25, 0.3) is 0 Å². The zero-order valence-electron chi connectivity index (χ0n) is 40.8. The molecule has 1 saturated heterocycles. The van der Waals surface area contributed by atoms with Gasteiger partial charge >= 0.3 is 17.9 Å². The molecule has 2 N–H and O–H groups in total. The zero-order chi connectivity index (χ0) is 46.0. The van der Waals surface area contributed by atoms with Gasteiger partial charge in [0.05, 0.1) is 29.8 Å². The zero-order valence-corrected chi connectivity index (χ0v) is 40.8. The van der Waals surface area contributed by atoms with Crippen LogP contribution in [0.4, 0.5) is 0 Å². The molecule has 3 unspecified atom stereocenters. The van der Waals surface area contributed by atoms with Crippen LogP contribution >= 0.6 is 0 Å². The Labute approximate surface area is 378 Å². The van der Waals surface area contributed by atoms with Crippen LogP contribution in [-0.2, 0) is 33.4 Å². The minimum absolute atomic E-state index is 0.0636. The number of rotatable bonds is 9. The molecule has 0 bridgehead atoms. The molecule has 0 spiro atoms. The lowest BCUT2D eigenvalue weighted by atomic mass is 9.32. The summed E-state index contributed by atoms with van der Waals surface area (Å²) >= 11 is 0. The van der Waals surface area contributed by atoms with Gasteiger partial charge in [0.15, 0.2) is 0 Å². The normalized spacial score (nSPS) is 44.5. The van der Waals surface area contributed by atoms with E-state index >= 15 is 4.79 Å². The number of nitrogens with one attached hydrogen (secondary N) is 1. The molecule has 1 aliphatic heterocycles. The molecule has 14 atom stereocenters. The van der Waals surface area contributed by atoms with Crippen molar-refractivity contribution in [2.75, 3.05) is 19.7 Å².